The maximum atomic E-state index is 11.8. The van der Waals surface area contributed by atoms with Crippen molar-refractivity contribution in [1.82, 2.24) is 4.90 Å². The highest BCUT2D eigenvalue weighted by atomic mass is 32.2. The summed E-state index contributed by atoms with van der Waals surface area (Å²) in [5.41, 5.74) is 0.741. The van der Waals surface area contributed by atoms with E-state index < -0.39 is 0 Å². The lowest BCUT2D eigenvalue weighted by atomic mass is 10.2. The van der Waals surface area contributed by atoms with Crippen LogP contribution in [0.15, 0.2) is 59.7 Å². The number of carbonyl (C=O) groups excluding carboxylic acids is 2. The van der Waals surface area contributed by atoms with E-state index in [9.17, 15) is 9.59 Å². The topological polar surface area (TPSA) is 49.9 Å². The zero-order valence-electron chi connectivity index (χ0n) is 14.1. The van der Waals surface area contributed by atoms with Crippen LogP contribution in [0.1, 0.15) is 6.92 Å². The van der Waals surface area contributed by atoms with Gasteiger partial charge in [-0.25, -0.2) is 0 Å². The Morgan fingerprint density at radius 1 is 1.24 bits per heavy atom. The summed E-state index contributed by atoms with van der Waals surface area (Å²) in [5, 5.41) is 0. The minimum Gasteiger partial charge on any atom is -0.497 e. The average molecular weight is 374 g/mol. The maximum absolute atomic E-state index is 11.8. The number of nitrogens with zero attached hydrogens (tertiary/aromatic N) is 2. The smallest absolute Gasteiger partial charge is 0.265 e. The van der Waals surface area contributed by atoms with Crippen LogP contribution in [0.25, 0.3) is 0 Å². The predicted octanol–water partition coefficient (Wildman–Crippen LogP) is 3.49. The Hall–Kier alpha value is -2.38. The molecule has 1 aliphatic rings. The number of amides is 2. The molecule has 0 radical (unpaired) electrons. The van der Waals surface area contributed by atoms with Crippen LogP contribution in [-0.4, -0.2) is 35.2 Å². The number of carbonyl (C=O) groups is 2. The van der Waals surface area contributed by atoms with Gasteiger partial charge in [-0.05, 0) is 36.4 Å². The van der Waals surface area contributed by atoms with E-state index in [2.05, 4.69) is 0 Å². The van der Waals surface area contributed by atoms with Gasteiger partial charge in [0.15, 0.2) is 0 Å². The number of methoxy groups -OCH3 is 1. The number of ether oxygens (including phenoxy) is 1. The molecule has 0 N–H and O–H groups in total. The van der Waals surface area contributed by atoms with E-state index in [1.807, 2.05) is 0 Å². The summed E-state index contributed by atoms with van der Waals surface area (Å²) in [6.07, 6.45) is 8.60. The maximum Gasteiger partial charge on any atom is 0.265 e. The third-order valence-electron chi connectivity index (χ3n) is 3.38. The monoisotopic (exact) mass is 374 g/mol. The molecule has 0 spiro atoms. The summed E-state index contributed by atoms with van der Waals surface area (Å²) >= 11 is 6.34. The minimum atomic E-state index is -0.110. The van der Waals surface area contributed by atoms with Crippen molar-refractivity contribution >= 4 is 45.8 Å². The van der Waals surface area contributed by atoms with Crippen molar-refractivity contribution in [1.29, 1.82) is 0 Å². The molecular formula is C18H18N2O3S2. The molecule has 0 unspecified atom stereocenters. The molecule has 1 aromatic rings. The molecule has 25 heavy (non-hydrogen) atoms. The van der Waals surface area contributed by atoms with Crippen molar-refractivity contribution in [2.75, 3.05) is 19.1 Å². The molecule has 1 heterocycles. The predicted molar refractivity (Wildman–Crippen MR) is 105 cm³/mol. The summed E-state index contributed by atoms with van der Waals surface area (Å²) in [6, 6.07) is 7.20. The number of thiocarbonyl (C=S) groups is 1. The molecule has 0 aliphatic carbocycles. The quantitative estimate of drug-likeness (QED) is 0.449. The fourth-order valence-corrected chi connectivity index (χ4v) is 3.15. The lowest BCUT2D eigenvalue weighted by molar-refractivity contribution is -0.121. The van der Waals surface area contributed by atoms with Gasteiger partial charge in [0.05, 0.1) is 12.0 Å². The number of likely N-dealkylation sites (N-methyl/N-ethyl adjacent to an activating group) is 1. The van der Waals surface area contributed by atoms with Crippen molar-refractivity contribution in [3.63, 3.8) is 0 Å². The average Bonchev–Trinajstić information content (AvgIpc) is 2.85. The second-order valence-electron chi connectivity index (χ2n) is 5.08. The Morgan fingerprint density at radius 2 is 1.92 bits per heavy atom. The van der Waals surface area contributed by atoms with Crippen LogP contribution >= 0.6 is 24.0 Å². The number of rotatable bonds is 5. The first kappa shape index (κ1) is 19.0. The summed E-state index contributed by atoms with van der Waals surface area (Å²) in [6.45, 7) is 1.49. The van der Waals surface area contributed by atoms with Gasteiger partial charge < -0.3 is 4.74 Å². The molecule has 0 atom stereocenters. The third-order valence-corrected chi connectivity index (χ3v) is 4.88. The van der Waals surface area contributed by atoms with Crippen LogP contribution in [0.4, 0.5) is 5.69 Å². The number of thioether (sulfide) groups is 1. The van der Waals surface area contributed by atoms with Crippen LogP contribution in [0.3, 0.4) is 0 Å². The molecule has 130 valence electrons. The molecule has 2 amide bonds. The second-order valence-corrected chi connectivity index (χ2v) is 6.75. The first-order chi connectivity index (χ1) is 11.9. The Kier molecular flexibility index (Phi) is 6.55. The Labute approximate surface area is 156 Å². The number of hydrogen-bond acceptors (Lipinski definition) is 5. The summed E-state index contributed by atoms with van der Waals surface area (Å²) in [4.78, 5) is 27.2. The van der Waals surface area contributed by atoms with E-state index in [1.165, 1.54) is 28.5 Å². The molecule has 1 aromatic carbocycles. The van der Waals surface area contributed by atoms with Gasteiger partial charge in [-0.3, -0.25) is 19.4 Å². The Balaban J connectivity index is 2.05. The lowest BCUT2D eigenvalue weighted by Gasteiger charge is -2.16. The highest BCUT2D eigenvalue weighted by Gasteiger charge is 2.27. The fourth-order valence-electron chi connectivity index (χ4n) is 2.02. The standard InChI is InChI=1S/C18H18N2O3S2/c1-13(21)20(14-8-10-15(23-3)11-9-14)12-6-4-5-7-16-17(22)19(2)18(24)25-16/h4-12H,1-3H3/b5-4+,12-6+,16-7-. The fraction of sp³-hybridized carbons (Fsp3) is 0.167. The Morgan fingerprint density at radius 3 is 2.44 bits per heavy atom. The number of benzene rings is 1. The summed E-state index contributed by atoms with van der Waals surface area (Å²) < 4.78 is 5.66. The third kappa shape index (κ3) is 4.80. The molecule has 2 rings (SSSR count). The van der Waals surface area contributed by atoms with E-state index in [4.69, 9.17) is 17.0 Å². The van der Waals surface area contributed by atoms with Crippen LogP contribution in [0, 0.1) is 0 Å². The van der Waals surface area contributed by atoms with Gasteiger partial charge in [0.25, 0.3) is 5.91 Å². The van der Waals surface area contributed by atoms with Gasteiger partial charge in [-0.15, -0.1) is 0 Å². The Bertz CT molecular complexity index is 767. The number of anilines is 1. The second kappa shape index (κ2) is 8.64. The molecule has 0 aromatic heterocycles. The van der Waals surface area contributed by atoms with Crippen molar-refractivity contribution < 1.29 is 14.3 Å². The van der Waals surface area contributed by atoms with E-state index >= 15 is 0 Å². The first-order valence-corrected chi connectivity index (χ1v) is 8.65. The van der Waals surface area contributed by atoms with Gasteiger partial charge in [-0.2, -0.15) is 0 Å². The van der Waals surface area contributed by atoms with Crippen molar-refractivity contribution in [3.05, 3.63) is 59.7 Å². The van der Waals surface area contributed by atoms with Gasteiger partial charge >= 0.3 is 0 Å². The van der Waals surface area contributed by atoms with Gasteiger partial charge in [-0.1, -0.05) is 36.1 Å². The minimum absolute atomic E-state index is 0.104. The first-order valence-electron chi connectivity index (χ1n) is 7.43. The van der Waals surface area contributed by atoms with Crippen molar-refractivity contribution in [2.24, 2.45) is 0 Å². The van der Waals surface area contributed by atoms with Crippen LogP contribution < -0.4 is 9.64 Å². The molecule has 0 bridgehead atoms. The summed E-state index contributed by atoms with van der Waals surface area (Å²) in [5.74, 6) is 0.512. The number of allylic oxidation sites excluding steroid dienone is 4. The largest absolute Gasteiger partial charge is 0.497 e. The van der Waals surface area contributed by atoms with E-state index in [1.54, 1.807) is 68.9 Å². The SMILES string of the molecule is COc1ccc(N(/C=C/C=C/C=C2\SC(=S)N(C)C2=O)C(C)=O)cc1. The van der Waals surface area contributed by atoms with Crippen LogP contribution in [0.5, 0.6) is 5.75 Å². The normalized spacial score (nSPS) is 16.4. The zero-order valence-corrected chi connectivity index (χ0v) is 15.8. The van der Waals surface area contributed by atoms with Crippen LogP contribution in [-0.2, 0) is 9.59 Å². The molecular weight excluding hydrogens is 356 g/mol. The number of hydrogen-bond donors (Lipinski definition) is 0. The molecule has 1 aliphatic heterocycles. The molecule has 1 fully saturated rings. The van der Waals surface area contributed by atoms with Crippen molar-refractivity contribution in [2.45, 2.75) is 6.92 Å². The van der Waals surface area contributed by atoms with Gasteiger partial charge in [0.1, 0.15) is 10.1 Å². The van der Waals surface area contributed by atoms with E-state index in [0.717, 1.165) is 11.4 Å². The molecule has 1 saturated heterocycles. The van der Waals surface area contributed by atoms with Crippen molar-refractivity contribution in [3.8, 4) is 5.75 Å². The highest BCUT2D eigenvalue weighted by Crippen LogP contribution is 2.29. The summed E-state index contributed by atoms with van der Waals surface area (Å²) in [7, 11) is 3.25. The van der Waals surface area contributed by atoms with Gasteiger partial charge in [0, 0.05) is 25.9 Å². The zero-order chi connectivity index (χ0) is 18.4. The highest BCUT2D eigenvalue weighted by molar-refractivity contribution is 8.26. The molecule has 0 saturated carbocycles. The molecule has 5 nitrogen and oxygen atoms in total. The van der Waals surface area contributed by atoms with Gasteiger partial charge in [0.2, 0.25) is 5.91 Å². The van der Waals surface area contributed by atoms with Crippen LogP contribution in [0.2, 0.25) is 0 Å². The van der Waals surface area contributed by atoms with E-state index in [0.29, 0.717) is 9.23 Å². The molecule has 7 heteroatoms. The lowest BCUT2D eigenvalue weighted by Crippen LogP contribution is -2.22. The van der Waals surface area contributed by atoms with E-state index in [-0.39, 0.29) is 11.8 Å².